The second kappa shape index (κ2) is 10.1. The van der Waals surface area contributed by atoms with Gasteiger partial charge in [-0.25, -0.2) is 0 Å². The third-order valence-electron chi connectivity index (χ3n) is 5.41. The second-order valence-electron chi connectivity index (χ2n) is 7.95. The summed E-state index contributed by atoms with van der Waals surface area (Å²) in [4.78, 5) is 41.0. The van der Waals surface area contributed by atoms with Crippen LogP contribution in [0.2, 0.25) is 0 Å². The number of rotatable bonds is 6. The minimum atomic E-state index is -0.268. The van der Waals surface area contributed by atoms with Gasteiger partial charge in [-0.3, -0.25) is 14.4 Å². The zero-order valence-electron chi connectivity index (χ0n) is 17.6. The molecule has 3 amide bonds. The molecular formula is C24H29N3O3. The Morgan fingerprint density at radius 1 is 1.07 bits per heavy atom. The van der Waals surface area contributed by atoms with E-state index in [-0.39, 0.29) is 30.2 Å². The van der Waals surface area contributed by atoms with E-state index in [1.807, 2.05) is 61.5 Å². The molecule has 30 heavy (non-hydrogen) atoms. The Morgan fingerprint density at radius 2 is 1.77 bits per heavy atom. The normalized spacial score (nSPS) is 16.1. The standard InChI is InChI=1S/C24H29N3O3/c1-18-10-12-21(13-11-18)25-22(28)17-26(2)24(30)20-9-6-14-27(16-20)23(29)15-19-7-4-3-5-8-19/h3-5,7-8,10-13,20H,6,9,14-17H2,1-2H3,(H,25,28). The predicted molar refractivity (Wildman–Crippen MR) is 117 cm³/mol. The van der Waals surface area contributed by atoms with Crippen LogP contribution in [-0.4, -0.2) is 54.2 Å². The number of hydrogen-bond donors (Lipinski definition) is 1. The monoisotopic (exact) mass is 407 g/mol. The van der Waals surface area contributed by atoms with E-state index < -0.39 is 0 Å². The van der Waals surface area contributed by atoms with Crippen LogP contribution in [0, 0.1) is 12.8 Å². The number of carbonyl (C=O) groups excluding carboxylic acids is 3. The fourth-order valence-electron chi connectivity index (χ4n) is 3.73. The van der Waals surface area contributed by atoms with E-state index >= 15 is 0 Å². The molecule has 0 aromatic heterocycles. The van der Waals surface area contributed by atoms with Crippen LogP contribution in [-0.2, 0) is 20.8 Å². The molecule has 2 aromatic rings. The lowest BCUT2D eigenvalue weighted by Gasteiger charge is -2.34. The average Bonchev–Trinajstić information content (AvgIpc) is 2.75. The summed E-state index contributed by atoms with van der Waals surface area (Å²) in [7, 11) is 1.64. The van der Waals surface area contributed by atoms with Crippen LogP contribution in [0.4, 0.5) is 5.69 Å². The molecule has 1 atom stereocenters. The van der Waals surface area contributed by atoms with Crippen LogP contribution in [0.1, 0.15) is 24.0 Å². The molecule has 1 fully saturated rings. The van der Waals surface area contributed by atoms with Crippen molar-refractivity contribution in [3.8, 4) is 0 Å². The van der Waals surface area contributed by atoms with Crippen molar-refractivity contribution in [2.24, 2.45) is 5.92 Å². The third-order valence-corrected chi connectivity index (χ3v) is 5.41. The van der Waals surface area contributed by atoms with Crippen molar-refractivity contribution in [3.63, 3.8) is 0 Å². The first kappa shape index (κ1) is 21.6. The van der Waals surface area contributed by atoms with Gasteiger partial charge in [-0.15, -0.1) is 0 Å². The van der Waals surface area contributed by atoms with Crippen LogP contribution < -0.4 is 5.32 Å². The Morgan fingerprint density at radius 3 is 2.47 bits per heavy atom. The van der Waals surface area contributed by atoms with E-state index in [0.29, 0.717) is 25.2 Å². The minimum absolute atomic E-state index is 0.0127. The van der Waals surface area contributed by atoms with Gasteiger partial charge in [0.25, 0.3) is 0 Å². The first-order valence-corrected chi connectivity index (χ1v) is 10.4. The molecule has 1 N–H and O–H groups in total. The average molecular weight is 408 g/mol. The first-order chi connectivity index (χ1) is 14.4. The summed E-state index contributed by atoms with van der Waals surface area (Å²) in [5.41, 5.74) is 2.80. The highest BCUT2D eigenvalue weighted by atomic mass is 16.2. The number of carbonyl (C=O) groups is 3. The van der Waals surface area contributed by atoms with Crippen molar-refractivity contribution in [2.45, 2.75) is 26.2 Å². The molecule has 1 aliphatic heterocycles. The highest BCUT2D eigenvalue weighted by Gasteiger charge is 2.30. The van der Waals surface area contributed by atoms with E-state index in [2.05, 4.69) is 5.32 Å². The first-order valence-electron chi connectivity index (χ1n) is 10.4. The summed E-state index contributed by atoms with van der Waals surface area (Å²) >= 11 is 0. The molecule has 6 heteroatoms. The van der Waals surface area contributed by atoms with Crippen LogP contribution in [0.5, 0.6) is 0 Å². The lowest BCUT2D eigenvalue weighted by atomic mass is 9.96. The van der Waals surface area contributed by atoms with Crippen molar-refractivity contribution in [3.05, 3.63) is 65.7 Å². The summed E-state index contributed by atoms with van der Waals surface area (Å²) in [6, 6.07) is 17.2. The van der Waals surface area contributed by atoms with Crippen molar-refractivity contribution < 1.29 is 14.4 Å². The molecule has 0 bridgehead atoms. The fourth-order valence-corrected chi connectivity index (χ4v) is 3.73. The zero-order valence-corrected chi connectivity index (χ0v) is 17.6. The molecule has 0 radical (unpaired) electrons. The number of aryl methyl sites for hydroxylation is 1. The molecule has 1 aliphatic rings. The zero-order chi connectivity index (χ0) is 21.5. The molecule has 0 saturated carbocycles. The van der Waals surface area contributed by atoms with Crippen molar-refractivity contribution in [1.82, 2.24) is 9.80 Å². The maximum Gasteiger partial charge on any atom is 0.243 e. The van der Waals surface area contributed by atoms with Crippen molar-refractivity contribution >= 4 is 23.4 Å². The number of hydrogen-bond acceptors (Lipinski definition) is 3. The molecule has 1 unspecified atom stereocenters. The van der Waals surface area contributed by atoms with Gasteiger partial charge in [0.05, 0.1) is 18.9 Å². The minimum Gasteiger partial charge on any atom is -0.342 e. The van der Waals surface area contributed by atoms with E-state index in [4.69, 9.17) is 0 Å². The van der Waals surface area contributed by atoms with Gasteiger partial charge in [0.15, 0.2) is 0 Å². The fraction of sp³-hybridized carbons (Fsp3) is 0.375. The van der Waals surface area contributed by atoms with Gasteiger partial charge in [-0.05, 0) is 37.5 Å². The molecule has 3 rings (SSSR count). The highest BCUT2D eigenvalue weighted by Crippen LogP contribution is 2.20. The summed E-state index contributed by atoms with van der Waals surface area (Å²) in [5.74, 6) is -0.553. The van der Waals surface area contributed by atoms with Crippen LogP contribution in [0.25, 0.3) is 0 Å². The Balaban J connectivity index is 1.51. The Kier molecular flexibility index (Phi) is 7.22. The Labute approximate surface area is 177 Å². The maximum atomic E-state index is 12.9. The third kappa shape index (κ3) is 5.92. The SMILES string of the molecule is Cc1ccc(NC(=O)CN(C)C(=O)C2CCCN(C(=O)Cc3ccccc3)C2)cc1. The molecule has 2 aromatic carbocycles. The number of benzene rings is 2. The van der Waals surface area contributed by atoms with Crippen LogP contribution >= 0.6 is 0 Å². The summed E-state index contributed by atoms with van der Waals surface area (Å²) in [5, 5.41) is 2.81. The van der Waals surface area contributed by atoms with E-state index in [1.165, 1.54) is 4.90 Å². The molecule has 0 aliphatic carbocycles. The van der Waals surface area contributed by atoms with Crippen LogP contribution in [0.3, 0.4) is 0 Å². The second-order valence-corrected chi connectivity index (χ2v) is 7.95. The smallest absolute Gasteiger partial charge is 0.243 e. The highest BCUT2D eigenvalue weighted by molar-refractivity contribution is 5.94. The molecule has 0 spiro atoms. The lowest BCUT2D eigenvalue weighted by Crippen LogP contribution is -2.47. The van der Waals surface area contributed by atoms with Gasteiger partial charge in [-0.1, -0.05) is 48.0 Å². The van der Waals surface area contributed by atoms with E-state index in [0.717, 1.165) is 24.0 Å². The quantitative estimate of drug-likeness (QED) is 0.801. The van der Waals surface area contributed by atoms with Crippen molar-refractivity contribution in [1.29, 1.82) is 0 Å². The predicted octanol–water partition coefficient (Wildman–Crippen LogP) is 2.87. The molecule has 158 valence electrons. The molecule has 1 heterocycles. The van der Waals surface area contributed by atoms with Gasteiger partial charge in [0.2, 0.25) is 17.7 Å². The Hall–Kier alpha value is -3.15. The van der Waals surface area contributed by atoms with Gasteiger partial charge in [-0.2, -0.15) is 0 Å². The number of piperidine rings is 1. The Bertz CT molecular complexity index is 880. The number of nitrogens with zero attached hydrogens (tertiary/aromatic N) is 2. The van der Waals surface area contributed by atoms with Gasteiger partial charge in [0, 0.05) is 25.8 Å². The number of likely N-dealkylation sites (tertiary alicyclic amines) is 1. The summed E-state index contributed by atoms with van der Waals surface area (Å²) < 4.78 is 0. The van der Waals surface area contributed by atoms with Crippen LogP contribution in [0.15, 0.2) is 54.6 Å². The number of amides is 3. The van der Waals surface area contributed by atoms with Gasteiger partial charge < -0.3 is 15.1 Å². The summed E-state index contributed by atoms with van der Waals surface area (Å²) in [6.45, 7) is 3.05. The van der Waals surface area contributed by atoms with E-state index in [1.54, 1.807) is 11.9 Å². The largest absolute Gasteiger partial charge is 0.342 e. The number of anilines is 1. The van der Waals surface area contributed by atoms with Crippen molar-refractivity contribution in [2.75, 3.05) is 32.0 Å². The lowest BCUT2D eigenvalue weighted by molar-refractivity contribution is -0.141. The van der Waals surface area contributed by atoms with Gasteiger partial charge in [0.1, 0.15) is 0 Å². The number of likely N-dealkylation sites (N-methyl/N-ethyl adjacent to an activating group) is 1. The molecule has 1 saturated heterocycles. The molecule has 6 nitrogen and oxygen atoms in total. The van der Waals surface area contributed by atoms with E-state index in [9.17, 15) is 14.4 Å². The molecular weight excluding hydrogens is 378 g/mol. The number of nitrogens with one attached hydrogen (secondary N) is 1. The van der Waals surface area contributed by atoms with Gasteiger partial charge >= 0.3 is 0 Å². The maximum absolute atomic E-state index is 12.9. The summed E-state index contributed by atoms with van der Waals surface area (Å²) in [6.07, 6.45) is 1.87. The topological polar surface area (TPSA) is 69.7 Å².